The fourth-order valence-corrected chi connectivity index (χ4v) is 5.07. The van der Waals surface area contributed by atoms with Crippen molar-refractivity contribution in [1.29, 1.82) is 0 Å². The van der Waals surface area contributed by atoms with Gasteiger partial charge < -0.3 is 4.74 Å². The molecule has 3 fully saturated rings. The highest BCUT2D eigenvalue weighted by Crippen LogP contribution is 2.47. The molecule has 2 aliphatic heterocycles. The Labute approximate surface area is 166 Å². The molecular weight excluding hydrogens is 332 g/mol. The predicted molar refractivity (Wildman–Crippen MR) is 113 cm³/mol. The SMILES string of the molecule is CC(C)(C)N1CCCC1c1cc(OCCN2CCCCC2)ccc1C1CC1. The van der Waals surface area contributed by atoms with Crippen LogP contribution >= 0.6 is 0 Å². The van der Waals surface area contributed by atoms with Gasteiger partial charge >= 0.3 is 0 Å². The Hall–Kier alpha value is -1.06. The van der Waals surface area contributed by atoms with Gasteiger partial charge in [-0.2, -0.15) is 0 Å². The predicted octanol–water partition coefficient (Wildman–Crippen LogP) is 5.36. The summed E-state index contributed by atoms with van der Waals surface area (Å²) in [7, 11) is 0. The van der Waals surface area contributed by atoms with Gasteiger partial charge in [0.25, 0.3) is 0 Å². The Kier molecular flexibility index (Phi) is 5.80. The van der Waals surface area contributed by atoms with Gasteiger partial charge in [0, 0.05) is 18.1 Å². The minimum atomic E-state index is 0.229. The Morgan fingerprint density at radius 1 is 0.926 bits per heavy atom. The molecule has 3 heteroatoms. The highest BCUT2D eigenvalue weighted by molar-refractivity contribution is 5.42. The number of hydrogen-bond donors (Lipinski definition) is 0. The topological polar surface area (TPSA) is 15.7 Å². The van der Waals surface area contributed by atoms with E-state index < -0.39 is 0 Å². The minimum Gasteiger partial charge on any atom is -0.492 e. The molecule has 1 atom stereocenters. The van der Waals surface area contributed by atoms with Gasteiger partial charge in [-0.3, -0.25) is 9.80 Å². The van der Waals surface area contributed by atoms with Gasteiger partial charge in [-0.1, -0.05) is 12.5 Å². The lowest BCUT2D eigenvalue weighted by molar-refractivity contribution is 0.121. The first-order valence-electron chi connectivity index (χ1n) is 11.3. The summed E-state index contributed by atoms with van der Waals surface area (Å²) in [4.78, 5) is 5.27. The lowest BCUT2D eigenvalue weighted by atomic mass is 9.93. The van der Waals surface area contributed by atoms with Gasteiger partial charge in [0.15, 0.2) is 0 Å². The average Bonchev–Trinajstić information content (AvgIpc) is 3.37. The van der Waals surface area contributed by atoms with Crippen LogP contribution in [0.1, 0.15) is 88.8 Å². The monoisotopic (exact) mass is 370 g/mol. The molecule has 0 bridgehead atoms. The molecule has 150 valence electrons. The molecule has 2 heterocycles. The molecule has 3 nitrogen and oxygen atoms in total. The summed E-state index contributed by atoms with van der Waals surface area (Å²) in [5, 5.41) is 0. The zero-order valence-corrected chi connectivity index (χ0v) is 17.7. The molecule has 1 aromatic carbocycles. The molecule has 1 aromatic rings. The van der Waals surface area contributed by atoms with E-state index in [-0.39, 0.29) is 5.54 Å². The maximum Gasteiger partial charge on any atom is 0.119 e. The summed E-state index contributed by atoms with van der Waals surface area (Å²) in [6.07, 6.45) is 9.43. The molecule has 0 radical (unpaired) electrons. The maximum atomic E-state index is 6.22. The molecule has 27 heavy (non-hydrogen) atoms. The molecule has 2 saturated heterocycles. The number of rotatable bonds is 6. The first-order valence-corrected chi connectivity index (χ1v) is 11.3. The molecule has 1 saturated carbocycles. The molecule has 0 aromatic heterocycles. The third-order valence-electron chi connectivity index (χ3n) is 6.67. The molecule has 0 spiro atoms. The number of benzene rings is 1. The summed E-state index contributed by atoms with van der Waals surface area (Å²) in [6, 6.07) is 7.55. The molecule has 0 amide bonds. The number of likely N-dealkylation sites (tertiary alicyclic amines) is 2. The number of ether oxygens (including phenoxy) is 1. The van der Waals surface area contributed by atoms with Crippen molar-refractivity contribution in [1.82, 2.24) is 9.80 Å². The third kappa shape index (κ3) is 4.68. The van der Waals surface area contributed by atoms with Gasteiger partial charge in [-0.15, -0.1) is 0 Å². The first-order chi connectivity index (χ1) is 13.0. The van der Waals surface area contributed by atoms with Crippen molar-refractivity contribution in [2.75, 3.05) is 32.8 Å². The highest BCUT2D eigenvalue weighted by Gasteiger charge is 2.37. The summed E-state index contributed by atoms with van der Waals surface area (Å²) < 4.78 is 6.22. The molecule has 1 unspecified atom stereocenters. The van der Waals surface area contributed by atoms with Crippen molar-refractivity contribution in [2.45, 2.75) is 83.2 Å². The lowest BCUT2D eigenvalue weighted by Crippen LogP contribution is -2.40. The fraction of sp³-hybridized carbons (Fsp3) is 0.750. The molecular formula is C24H38N2O. The third-order valence-corrected chi connectivity index (χ3v) is 6.67. The summed E-state index contributed by atoms with van der Waals surface area (Å²) in [5.74, 6) is 1.87. The first kappa shape index (κ1) is 19.3. The zero-order chi connectivity index (χ0) is 18.9. The van der Waals surface area contributed by atoms with Crippen LogP contribution in [0, 0.1) is 0 Å². The quantitative estimate of drug-likeness (QED) is 0.670. The average molecular weight is 371 g/mol. The van der Waals surface area contributed by atoms with E-state index in [4.69, 9.17) is 4.74 Å². The van der Waals surface area contributed by atoms with Gasteiger partial charge in [0.2, 0.25) is 0 Å². The van der Waals surface area contributed by atoms with E-state index in [9.17, 15) is 0 Å². The van der Waals surface area contributed by atoms with Gasteiger partial charge in [0.1, 0.15) is 12.4 Å². The second-order valence-corrected chi connectivity index (χ2v) is 9.84. The van der Waals surface area contributed by atoms with Crippen molar-refractivity contribution in [3.8, 4) is 5.75 Å². The van der Waals surface area contributed by atoms with Crippen molar-refractivity contribution in [3.63, 3.8) is 0 Å². The van der Waals surface area contributed by atoms with Crippen LogP contribution in [0.3, 0.4) is 0 Å². The van der Waals surface area contributed by atoms with Crippen LogP contribution in [0.5, 0.6) is 5.75 Å². The maximum absolute atomic E-state index is 6.22. The van der Waals surface area contributed by atoms with E-state index in [1.807, 2.05) is 0 Å². The van der Waals surface area contributed by atoms with Crippen LogP contribution in [-0.4, -0.2) is 48.1 Å². The van der Waals surface area contributed by atoms with E-state index in [0.717, 1.165) is 24.8 Å². The molecule has 4 rings (SSSR count). The molecule has 3 aliphatic rings. The Balaban J connectivity index is 1.47. The molecule has 0 N–H and O–H groups in total. The van der Waals surface area contributed by atoms with E-state index in [0.29, 0.717) is 6.04 Å². The van der Waals surface area contributed by atoms with Gasteiger partial charge in [-0.25, -0.2) is 0 Å². The van der Waals surface area contributed by atoms with Crippen LogP contribution < -0.4 is 4.74 Å². The Morgan fingerprint density at radius 2 is 1.70 bits per heavy atom. The minimum absolute atomic E-state index is 0.229. The van der Waals surface area contributed by atoms with Crippen LogP contribution in [0.15, 0.2) is 18.2 Å². The van der Waals surface area contributed by atoms with Gasteiger partial charge in [-0.05, 0) is 108 Å². The van der Waals surface area contributed by atoms with E-state index >= 15 is 0 Å². The molecule has 1 aliphatic carbocycles. The normalized spacial score (nSPS) is 25.1. The number of hydrogen-bond acceptors (Lipinski definition) is 3. The van der Waals surface area contributed by atoms with E-state index in [2.05, 4.69) is 48.8 Å². The van der Waals surface area contributed by atoms with Crippen molar-refractivity contribution < 1.29 is 4.74 Å². The van der Waals surface area contributed by atoms with Crippen LogP contribution in [0.2, 0.25) is 0 Å². The fourth-order valence-electron chi connectivity index (χ4n) is 5.07. The second-order valence-electron chi connectivity index (χ2n) is 9.84. The summed E-state index contributed by atoms with van der Waals surface area (Å²) in [6.45, 7) is 12.7. The van der Waals surface area contributed by atoms with E-state index in [1.165, 1.54) is 64.6 Å². The zero-order valence-electron chi connectivity index (χ0n) is 17.7. The highest BCUT2D eigenvalue weighted by atomic mass is 16.5. The van der Waals surface area contributed by atoms with E-state index in [1.54, 1.807) is 11.1 Å². The van der Waals surface area contributed by atoms with Crippen LogP contribution in [0.25, 0.3) is 0 Å². The van der Waals surface area contributed by atoms with Crippen LogP contribution in [0.4, 0.5) is 0 Å². The number of piperidine rings is 1. The standard InChI is InChI=1S/C24H38N2O/c1-24(2,3)26-15-7-8-23(26)22-18-20(11-12-21(22)19-9-10-19)27-17-16-25-13-5-4-6-14-25/h11-12,18-19,23H,4-10,13-17H2,1-3H3. The summed E-state index contributed by atoms with van der Waals surface area (Å²) in [5.41, 5.74) is 3.38. The van der Waals surface area contributed by atoms with Crippen molar-refractivity contribution >= 4 is 0 Å². The van der Waals surface area contributed by atoms with Gasteiger partial charge in [0.05, 0.1) is 0 Å². The van der Waals surface area contributed by atoms with Crippen LogP contribution in [-0.2, 0) is 0 Å². The largest absolute Gasteiger partial charge is 0.492 e. The smallest absolute Gasteiger partial charge is 0.119 e. The second kappa shape index (κ2) is 8.13. The summed E-state index contributed by atoms with van der Waals surface area (Å²) >= 11 is 0. The Bertz CT molecular complexity index is 626. The Morgan fingerprint density at radius 3 is 2.41 bits per heavy atom. The van der Waals surface area contributed by atoms with Crippen molar-refractivity contribution in [2.24, 2.45) is 0 Å². The lowest BCUT2D eigenvalue weighted by Gasteiger charge is -2.38. The number of nitrogens with zero attached hydrogens (tertiary/aromatic N) is 2. The van der Waals surface area contributed by atoms with Crippen molar-refractivity contribution in [3.05, 3.63) is 29.3 Å².